The number of nitrogens with zero attached hydrogens (tertiary/aromatic N) is 1. The van der Waals surface area contributed by atoms with Crippen LogP contribution in [0.15, 0.2) is 38.0 Å². The van der Waals surface area contributed by atoms with E-state index in [1.54, 1.807) is 6.07 Å². The first-order valence-corrected chi connectivity index (χ1v) is 7.24. The summed E-state index contributed by atoms with van der Waals surface area (Å²) in [4.78, 5) is 11.9. The molecule has 2 aromatic heterocycles. The summed E-state index contributed by atoms with van der Waals surface area (Å²) in [7, 11) is 0. The van der Waals surface area contributed by atoms with Crippen molar-refractivity contribution in [2.75, 3.05) is 6.61 Å². The Kier molecular flexibility index (Phi) is 3.71. The van der Waals surface area contributed by atoms with Crippen molar-refractivity contribution in [2.24, 2.45) is 0 Å². The van der Waals surface area contributed by atoms with Gasteiger partial charge in [0.1, 0.15) is 17.1 Å². The Labute approximate surface area is 127 Å². The lowest BCUT2D eigenvalue weighted by atomic mass is 10.0. The monoisotopic (exact) mass is 299 g/mol. The van der Waals surface area contributed by atoms with Crippen molar-refractivity contribution >= 4 is 11.0 Å². The number of benzene rings is 1. The Morgan fingerprint density at radius 3 is 2.73 bits per heavy atom. The molecular weight excluding hydrogens is 282 g/mol. The van der Waals surface area contributed by atoms with E-state index in [1.807, 2.05) is 32.9 Å². The van der Waals surface area contributed by atoms with Gasteiger partial charge < -0.3 is 13.7 Å². The molecular formula is C17H17NO4. The summed E-state index contributed by atoms with van der Waals surface area (Å²) in [6.07, 6.45) is 0.918. The Bertz CT molecular complexity index is 856. The van der Waals surface area contributed by atoms with E-state index in [9.17, 15) is 4.79 Å². The van der Waals surface area contributed by atoms with E-state index in [1.165, 1.54) is 6.07 Å². The van der Waals surface area contributed by atoms with Crippen LogP contribution in [0, 0.1) is 13.8 Å². The number of aromatic nitrogens is 1. The van der Waals surface area contributed by atoms with Gasteiger partial charge in [-0.15, -0.1) is 0 Å². The fourth-order valence-corrected chi connectivity index (χ4v) is 2.53. The third kappa shape index (κ3) is 2.50. The lowest BCUT2D eigenvalue weighted by Gasteiger charge is -2.08. The van der Waals surface area contributed by atoms with Crippen LogP contribution in [0.4, 0.5) is 0 Å². The molecule has 0 spiro atoms. The molecule has 0 radical (unpaired) electrons. The van der Waals surface area contributed by atoms with Crippen molar-refractivity contribution in [3.63, 3.8) is 0 Å². The third-order valence-electron chi connectivity index (χ3n) is 3.49. The minimum Gasteiger partial charge on any atom is -0.493 e. The second-order valence-electron chi connectivity index (χ2n) is 5.18. The Morgan fingerprint density at radius 1 is 1.23 bits per heavy atom. The van der Waals surface area contributed by atoms with E-state index < -0.39 is 5.63 Å². The summed E-state index contributed by atoms with van der Waals surface area (Å²) in [5.74, 6) is 1.36. The van der Waals surface area contributed by atoms with E-state index in [4.69, 9.17) is 13.7 Å². The van der Waals surface area contributed by atoms with Gasteiger partial charge >= 0.3 is 5.63 Å². The normalized spacial score (nSPS) is 11.0. The van der Waals surface area contributed by atoms with Crippen molar-refractivity contribution in [1.82, 2.24) is 5.16 Å². The molecule has 22 heavy (non-hydrogen) atoms. The third-order valence-corrected chi connectivity index (χ3v) is 3.49. The standard InChI is InChI=1S/C17H17NO4/c1-4-7-20-12-5-6-13-14(9-16(19)21-15(13)8-12)17-10(2)18-22-11(17)3/h5-6,8-9H,4,7H2,1-3H3. The van der Waals surface area contributed by atoms with Gasteiger partial charge in [-0.2, -0.15) is 0 Å². The summed E-state index contributed by atoms with van der Waals surface area (Å²) < 4.78 is 16.1. The molecule has 1 aromatic carbocycles. The van der Waals surface area contributed by atoms with Gasteiger partial charge in [-0.25, -0.2) is 4.79 Å². The highest BCUT2D eigenvalue weighted by Crippen LogP contribution is 2.33. The molecule has 5 nitrogen and oxygen atoms in total. The van der Waals surface area contributed by atoms with Crippen LogP contribution in [-0.2, 0) is 0 Å². The minimum absolute atomic E-state index is 0.407. The van der Waals surface area contributed by atoms with E-state index in [0.29, 0.717) is 23.7 Å². The molecule has 0 atom stereocenters. The number of fused-ring (bicyclic) bond motifs is 1. The highest BCUT2D eigenvalue weighted by atomic mass is 16.5. The van der Waals surface area contributed by atoms with Crippen LogP contribution < -0.4 is 10.4 Å². The molecule has 0 saturated carbocycles. The van der Waals surface area contributed by atoms with Crippen molar-refractivity contribution in [2.45, 2.75) is 27.2 Å². The van der Waals surface area contributed by atoms with E-state index >= 15 is 0 Å². The summed E-state index contributed by atoms with van der Waals surface area (Å²) >= 11 is 0. The second-order valence-corrected chi connectivity index (χ2v) is 5.18. The van der Waals surface area contributed by atoms with Crippen LogP contribution in [0.25, 0.3) is 22.1 Å². The van der Waals surface area contributed by atoms with Crippen molar-refractivity contribution in [3.8, 4) is 16.9 Å². The van der Waals surface area contributed by atoms with Crippen LogP contribution in [0.2, 0.25) is 0 Å². The molecule has 0 bridgehead atoms. The fraction of sp³-hybridized carbons (Fsp3) is 0.294. The molecule has 2 heterocycles. The van der Waals surface area contributed by atoms with Crippen LogP contribution in [-0.4, -0.2) is 11.8 Å². The van der Waals surface area contributed by atoms with Crippen LogP contribution in [0.1, 0.15) is 24.8 Å². The number of rotatable bonds is 4. The van der Waals surface area contributed by atoms with Crippen LogP contribution >= 0.6 is 0 Å². The summed E-state index contributed by atoms with van der Waals surface area (Å²) in [5.41, 5.74) is 2.44. The average molecular weight is 299 g/mol. The largest absolute Gasteiger partial charge is 0.493 e. The molecule has 3 rings (SSSR count). The predicted octanol–water partition coefficient (Wildman–Crippen LogP) is 3.85. The van der Waals surface area contributed by atoms with Crippen LogP contribution in [0.3, 0.4) is 0 Å². The molecule has 0 unspecified atom stereocenters. The average Bonchev–Trinajstić information content (AvgIpc) is 2.83. The zero-order valence-electron chi connectivity index (χ0n) is 12.8. The molecule has 0 aliphatic heterocycles. The lowest BCUT2D eigenvalue weighted by Crippen LogP contribution is -2.00. The van der Waals surface area contributed by atoms with Crippen molar-refractivity contribution in [1.29, 1.82) is 0 Å². The highest BCUT2D eigenvalue weighted by Gasteiger charge is 2.16. The number of aryl methyl sites for hydroxylation is 2. The van der Waals surface area contributed by atoms with Crippen molar-refractivity contribution in [3.05, 3.63) is 46.1 Å². The Balaban J connectivity index is 2.21. The zero-order valence-corrected chi connectivity index (χ0v) is 12.8. The van der Waals surface area contributed by atoms with E-state index in [-0.39, 0.29) is 0 Å². The zero-order chi connectivity index (χ0) is 15.7. The summed E-state index contributed by atoms with van der Waals surface area (Å²) in [6, 6.07) is 6.99. The minimum atomic E-state index is -0.407. The molecule has 0 fully saturated rings. The highest BCUT2D eigenvalue weighted by molar-refractivity contribution is 5.94. The molecule has 0 amide bonds. The van der Waals surface area contributed by atoms with Gasteiger partial charge in [0.15, 0.2) is 0 Å². The number of hydrogen-bond donors (Lipinski definition) is 0. The molecule has 3 aromatic rings. The maximum Gasteiger partial charge on any atom is 0.336 e. The number of hydrogen-bond acceptors (Lipinski definition) is 5. The maximum absolute atomic E-state index is 11.9. The van der Waals surface area contributed by atoms with Gasteiger partial charge in [-0.1, -0.05) is 12.1 Å². The molecule has 0 aliphatic rings. The summed E-state index contributed by atoms with van der Waals surface area (Å²) in [5, 5.41) is 4.79. The van der Waals surface area contributed by atoms with Gasteiger partial charge in [-0.05, 0) is 32.4 Å². The first kappa shape index (κ1) is 14.4. The number of ether oxygens (including phenoxy) is 1. The molecule has 0 N–H and O–H groups in total. The topological polar surface area (TPSA) is 65.5 Å². The smallest absolute Gasteiger partial charge is 0.336 e. The predicted molar refractivity (Wildman–Crippen MR) is 83.2 cm³/mol. The summed E-state index contributed by atoms with van der Waals surface area (Å²) in [6.45, 7) is 6.34. The van der Waals surface area contributed by atoms with E-state index in [2.05, 4.69) is 5.16 Å². The van der Waals surface area contributed by atoms with Gasteiger partial charge in [0.25, 0.3) is 0 Å². The first-order chi connectivity index (χ1) is 10.6. The SMILES string of the molecule is CCCOc1ccc2c(-c3c(C)noc3C)cc(=O)oc2c1. The van der Waals surface area contributed by atoms with Gasteiger partial charge in [-0.3, -0.25) is 0 Å². The second kappa shape index (κ2) is 5.67. The molecule has 5 heteroatoms. The van der Waals surface area contributed by atoms with Crippen molar-refractivity contribution < 1.29 is 13.7 Å². The fourth-order valence-electron chi connectivity index (χ4n) is 2.53. The first-order valence-electron chi connectivity index (χ1n) is 7.24. The van der Waals surface area contributed by atoms with Gasteiger partial charge in [0.2, 0.25) is 0 Å². The lowest BCUT2D eigenvalue weighted by molar-refractivity contribution is 0.317. The van der Waals surface area contributed by atoms with Gasteiger partial charge in [0.05, 0.1) is 12.3 Å². The maximum atomic E-state index is 11.9. The Morgan fingerprint density at radius 2 is 2.05 bits per heavy atom. The molecule has 0 saturated heterocycles. The van der Waals surface area contributed by atoms with Gasteiger partial charge in [0, 0.05) is 28.6 Å². The quantitative estimate of drug-likeness (QED) is 0.684. The molecule has 0 aliphatic carbocycles. The van der Waals surface area contributed by atoms with Crippen LogP contribution in [0.5, 0.6) is 5.75 Å². The van der Waals surface area contributed by atoms with E-state index in [0.717, 1.165) is 28.6 Å². The Hall–Kier alpha value is -2.56. The molecule has 114 valence electrons.